The Morgan fingerprint density at radius 2 is 2.00 bits per heavy atom. The van der Waals surface area contributed by atoms with Crippen LogP contribution in [0.15, 0.2) is 24.3 Å². The number of hydrogen-bond acceptors (Lipinski definition) is 2. The maximum atomic E-state index is 12.9. The van der Waals surface area contributed by atoms with Crippen molar-refractivity contribution in [3.63, 3.8) is 0 Å². The molecule has 0 radical (unpaired) electrons. The van der Waals surface area contributed by atoms with Gasteiger partial charge in [0.15, 0.2) is 0 Å². The summed E-state index contributed by atoms with van der Waals surface area (Å²) in [7, 11) is 0. The molecule has 2 atom stereocenters. The van der Waals surface area contributed by atoms with Gasteiger partial charge in [0.1, 0.15) is 0 Å². The third kappa shape index (κ3) is 3.36. The van der Waals surface area contributed by atoms with Crippen LogP contribution in [0, 0.1) is 10.8 Å². The van der Waals surface area contributed by atoms with Gasteiger partial charge in [-0.3, -0.25) is 4.79 Å². The van der Waals surface area contributed by atoms with Crippen LogP contribution in [0.5, 0.6) is 0 Å². The van der Waals surface area contributed by atoms with Crippen LogP contribution in [-0.4, -0.2) is 52.4 Å². The number of aromatic amines is 1. The molecule has 1 aromatic carbocycles. The van der Waals surface area contributed by atoms with Crippen LogP contribution < -0.4 is 5.32 Å². The van der Waals surface area contributed by atoms with Crippen molar-refractivity contribution in [2.45, 2.75) is 59.0 Å². The van der Waals surface area contributed by atoms with Crippen molar-refractivity contribution in [2.75, 3.05) is 19.6 Å². The van der Waals surface area contributed by atoms with E-state index in [-0.39, 0.29) is 29.3 Å². The van der Waals surface area contributed by atoms with Gasteiger partial charge in [-0.2, -0.15) is 0 Å². The number of benzene rings is 1. The molecule has 1 saturated heterocycles. The van der Waals surface area contributed by atoms with Gasteiger partial charge in [0, 0.05) is 35.7 Å². The number of likely N-dealkylation sites (tertiary alicyclic amines) is 1. The first-order chi connectivity index (χ1) is 14.2. The Morgan fingerprint density at radius 3 is 2.83 bits per heavy atom. The summed E-state index contributed by atoms with van der Waals surface area (Å²) in [6, 6.07) is 8.44. The molecule has 2 fully saturated rings. The summed E-state index contributed by atoms with van der Waals surface area (Å²) in [4.78, 5) is 33.0. The highest BCUT2D eigenvalue weighted by molar-refractivity contribution is 5.87. The van der Waals surface area contributed by atoms with Gasteiger partial charge >= 0.3 is 6.03 Å². The van der Waals surface area contributed by atoms with E-state index in [4.69, 9.17) is 0 Å². The lowest BCUT2D eigenvalue weighted by Gasteiger charge is -2.39. The Kier molecular flexibility index (Phi) is 4.38. The number of rotatable bonds is 2. The highest BCUT2D eigenvalue weighted by Crippen LogP contribution is 2.52. The van der Waals surface area contributed by atoms with E-state index in [1.807, 2.05) is 11.0 Å². The molecule has 2 aromatic rings. The van der Waals surface area contributed by atoms with E-state index in [1.165, 1.54) is 10.9 Å². The van der Waals surface area contributed by atoms with Gasteiger partial charge in [-0.1, -0.05) is 39.0 Å². The number of H-pyrrole nitrogens is 1. The second kappa shape index (κ2) is 6.76. The van der Waals surface area contributed by atoms with Crippen LogP contribution >= 0.6 is 0 Å². The van der Waals surface area contributed by atoms with Gasteiger partial charge in [0.05, 0.1) is 13.1 Å². The number of aromatic nitrogens is 1. The van der Waals surface area contributed by atoms with E-state index in [9.17, 15) is 9.59 Å². The van der Waals surface area contributed by atoms with E-state index in [2.05, 4.69) is 49.3 Å². The number of nitrogens with zero attached hydrogens (tertiary/aromatic N) is 2. The molecule has 2 aliphatic heterocycles. The van der Waals surface area contributed by atoms with Gasteiger partial charge in [-0.25, -0.2) is 4.79 Å². The predicted octanol–water partition coefficient (Wildman–Crippen LogP) is 3.66. The van der Waals surface area contributed by atoms with Crippen molar-refractivity contribution in [1.29, 1.82) is 0 Å². The summed E-state index contributed by atoms with van der Waals surface area (Å²) in [5, 5.41) is 4.14. The molecular weight excluding hydrogens is 376 g/mol. The Bertz CT molecular complexity index is 1010. The summed E-state index contributed by atoms with van der Waals surface area (Å²) >= 11 is 0. The van der Waals surface area contributed by atoms with Crippen LogP contribution in [0.25, 0.3) is 10.9 Å². The average molecular weight is 409 g/mol. The second-order valence-electron chi connectivity index (χ2n) is 10.7. The molecule has 0 unspecified atom stereocenters. The first kappa shape index (κ1) is 19.5. The third-order valence-electron chi connectivity index (χ3n) is 7.30. The number of urea groups is 1. The maximum absolute atomic E-state index is 12.9. The number of nitrogens with one attached hydrogen (secondary N) is 2. The number of carbonyl (C=O) groups excluding carboxylic acids is 2. The van der Waals surface area contributed by atoms with Gasteiger partial charge in [0.2, 0.25) is 5.91 Å². The minimum atomic E-state index is -0.152. The number of carbonyl (C=O) groups is 2. The first-order valence-corrected chi connectivity index (χ1v) is 11.1. The monoisotopic (exact) mass is 408 g/mol. The molecule has 160 valence electrons. The first-order valence-electron chi connectivity index (χ1n) is 11.1. The SMILES string of the molecule is CC1(C)C[C@H]2C[C@](C)(CN2C(=O)CNC(=O)N2CCc3c([nH]c4ccccc34)C2)C1. The molecule has 3 amide bonds. The maximum Gasteiger partial charge on any atom is 0.318 e. The standard InChI is InChI=1S/C24H32N4O2/c1-23(2)10-16-11-24(3,14-23)15-28(16)21(29)12-25-22(30)27-9-8-18-17-6-4-5-7-19(17)26-20(18)13-27/h4-7,16,26H,8-15H2,1-3H3,(H,25,30)/t16-,24-/m0/s1. The summed E-state index contributed by atoms with van der Waals surface area (Å²) < 4.78 is 0. The van der Waals surface area contributed by atoms with Crippen LogP contribution in [0.1, 0.15) is 51.3 Å². The fourth-order valence-electron chi connectivity index (χ4n) is 6.48. The molecule has 30 heavy (non-hydrogen) atoms. The largest absolute Gasteiger partial charge is 0.357 e. The molecule has 0 spiro atoms. The highest BCUT2D eigenvalue weighted by atomic mass is 16.2. The second-order valence-corrected chi connectivity index (χ2v) is 10.7. The van der Waals surface area contributed by atoms with E-state index >= 15 is 0 Å². The lowest BCUT2D eigenvalue weighted by atomic mass is 9.65. The topological polar surface area (TPSA) is 68.4 Å². The lowest BCUT2D eigenvalue weighted by Crippen LogP contribution is -2.48. The Balaban J connectivity index is 1.20. The van der Waals surface area contributed by atoms with Crippen molar-refractivity contribution in [2.24, 2.45) is 10.8 Å². The van der Waals surface area contributed by atoms with E-state index < -0.39 is 0 Å². The van der Waals surface area contributed by atoms with E-state index in [0.717, 1.165) is 43.4 Å². The zero-order chi connectivity index (χ0) is 21.1. The number of para-hydroxylation sites is 1. The van der Waals surface area contributed by atoms with Crippen LogP contribution in [-0.2, 0) is 17.8 Å². The van der Waals surface area contributed by atoms with Crippen molar-refractivity contribution in [3.05, 3.63) is 35.5 Å². The minimum absolute atomic E-state index is 0.0538. The molecule has 2 bridgehead atoms. The zero-order valence-corrected chi connectivity index (χ0v) is 18.3. The fourth-order valence-corrected chi connectivity index (χ4v) is 6.48. The number of fused-ring (bicyclic) bond motifs is 5. The number of amides is 3. The van der Waals surface area contributed by atoms with Crippen molar-refractivity contribution in [1.82, 2.24) is 20.1 Å². The number of hydrogen-bond donors (Lipinski definition) is 2. The van der Waals surface area contributed by atoms with Crippen molar-refractivity contribution < 1.29 is 9.59 Å². The molecule has 1 saturated carbocycles. The third-order valence-corrected chi connectivity index (χ3v) is 7.30. The van der Waals surface area contributed by atoms with Gasteiger partial charge in [-0.15, -0.1) is 0 Å². The predicted molar refractivity (Wildman–Crippen MR) is 117 cm³/mol. The summed E-state index contributed by atoms with van der Waals surface area (Å²) in [5.41, 5.74) is 4.03. The van der Waals surface area contributed by atoms with E-state index in [1.54, 1.807) is 4.90 Å². The lowest BCUT2D eigenvalue weighted by molar-refractivity contribution is -0.131. The molecule has 6 heteroatoms. The van der Waals surface area contributed by atoms with Gasteiger partial charge < -0.3 is 20.1 Å². The quantitative estimate of drug-likeness (QED) is 0.796. The smallest absolute Gasteiger partial charge is 0.318 e. The zero-order valence-electron chi connectivity index (χ0n) is 18.3. The van der Waals surface area contributed by atoms with Crippen LogP contribution in [0.3, 0.4) is 0 Å². The molecule has 1 aromatic heterocycles. The molecule has 1 aliphatic carbocycles. The summed E-state index contributed by atoms with van der Waals surface area (Å²) in [6.45, 7) is 9.05. The van der Waals surface area contributed by atoms with Gasteiger partial charge in [0.25, 0.3) is 0 Å². The van der Waals surface area contributed by atoms with Crippen molar-refractivity contribution in [3.8, 4) is 0 Å². The molecule has 6 nitrogen and oxygen atoms in total. The van der Waals surface area contributed by atoms with Gasteiger partial charge in [-0.05, 0) is 48.1 Å². The molecule has 3 aliphatic rings. The summed E-state index contributed by atoms with van der Waals surface area (Å²) in [6.07, 6.45) is 4.14. The normalized spacial score (nSPS) is 27.2. The van der Waals surface area contributed by atoms with Crippen molar-refractivity contribution >= 4 is 22.8 Å². The Hall–Kier alpha value is -2.50. The van der Waals surface area contributed by atoms with E-state index in [0.29, 0.717) is 19.1 Å². The molecule has 5 rings (SSSR count). The molecular formula is C24H32N4O2. The highest BCUT2D eigenvalue weighted by Gasteiger charge is 2.50. The minimum Gasteiger partial charge on any atom is -0.357 e. The fraction of sp³-hybridized carbons (Fsp3) is 0.583. The Labute approximate surface area is 178 Å². The Morgan fingerprint density at radius 1 is 1.20 bits per heavy atom. The summed E-state index contributed by atoms with van der Waals surface area (Å²) in [5.74, 6) is 0.0538. The van der Waals surface area contributed by atoms with Crippen LogP contribution in [0.4, 0.5) is 4.79 Å². The average Bonchev–Trinajstić information content (AvgIpc) is 3.18. The van der Waals surface area contributed by atoms with Crippen LogP contribution in [0.2, 0.25) is 0 Å². The molecule has 2 N–H and O–H groups in total. The molecule has 3 heterocycles.